The van der Waals surface area contributed by atoms with Gasteiger partial charge >= 0.3 is 0 Å². The van der Waals surface area contributed by atoms with Crippen molar-refractivity contribution in [3.05, 3.63) is 23.2 Å². The molecule has 1 aliphatic rings. The maximum absolute atomic E-state index is 6.26. The second-order valence-corrected chi connectivity index (χ2v) is 7.17. The number of rotatable bonds is 4. The van der Waals surface area contributed by atoms with E-state index in [2.05, 4.69) is 18.3 Å². The van der Waals surface area contributed by atoms with Crippen LogP contribution < -0.4 is 10.1 Å². The van der Waals surface area contributed by atoms with Gasteiger partial charge in [-0.3, -0.25) is 0 Å². The smallest absolute Gasteiger partial charge is 0.138 e. The highest BCUT2D eigenvalue weighted by Gasteiger charge is 2.21. The number of benzene rings is 1. The Morgan fingerprint density at radius 3 is 2.84 bits per heavy atom. The second kappa shape index (κ2) is 6.76. The van der Waals surface area contributed by atoms with Gasteiger partial charge in [-0.25, -0.2) is 0 Å². The van der Waals surface area contributed by atoms with Gasteiger partial charge in [0.2, 0.25) is 0 Å². The highest BCUT2D eigenvalue weighted by atomic mass is 35.5. The van der Waals surface area contributed by atoms with E-state index in [-0.39, 0.29) is 6.10 Å². The Kier molecular flexibility index (Phi) is 5.28. The fraction of sp³-hybridized carbons (Fsp3) is 0.600. The Morgan fingerprint density at radius 2 is 2.21 bits per heavy atom. The van der Waals surface area contributed by atoms with Gasteiger partial charge in [0.1, 0.15) is 5.75 Å². The van der Waals surface area contributed by atoms with E-state index in [0.717, 1.165) is 11.4 Å². The molecule has 1 heterocycles. The van der Waals surface area contributed by atoms with Crippen molar-refractivity contribution in [3.8, 4) is 5.75 Å². The van der Waals surface area contributed by atoms with Crippen molar-refractivity contribution >= 4 is 29.1 Å². The molecular formula is C15H22ClNOS. The van der Waals surface area contributed by atoms with Gasteiger partial charge in [0, 0.05) is 17.0 Å². The van der Waals surface area contributed by atoms with E-state index in [1.807, 2.05) is 37.7 Å². The highest BCUT2D eigenvalue weighted by Crippen LogP contribution is 2.31. The van der Waals surface area contributed by atoms with Crippen LogP contribution >= 0.6 is 23.4 Å². The minimum absolute atomic E-state index is 0.145. The average molecular weight is 300 g/mol. The predicted octanol–water partition coefficient (Wildman–Crippen LogP) is 4.82. The third-order valence-electron chi connectivity index (χ3n) is 3.25. The van der Waals surface area contributed by atoms with E-state index in [1.54, 1.807) is 0 Å². The SMILES string of the molecule is CC(C)Oc1ccc(NC2CCCSC2C)cc1Cl. The number of hydrogen-bond donors (Lipinski definition) is 1. The maximum atomic E-state index is 6.26. The Bertz CT molecular complexity index is 425. The summed E-state index contributed by atoms with van der Waals surface area (Å²) >= 11 is 8.30. The molecule has 106 valence electrons. The molecule has 19 heavy (non-hydrogen) atoms. The van der Waals surface area contributed by atoms with Crippen molar-refractivity contribution in [3.63, 3.8) is 0 Å². The molecule has 0 spiro atoms. The van der Waals surface area contributed by atoms with Gasteiger partial charge < -0.3 is 10.1 Å². The second-order valence-electron chi connectivity index (χ2n) is 5.28. The van der Waals surface area contributed by atoms with Gasteiger partial charge in [-0.1, -0.05) is 18.5 Å². The van der Waals surface area contributed by atoms with Gasteiger partial charge in [0.25, 0.3) is 0 Å². The average Bonchev–Trinajstić information content (AvgIpc) is 2.35. The Balaban J connectivity index is 2.03. The van der Waals surface area contributed by atoms with Crippen LogP contribution in [0.15, 0.2) is 18.2 Å². The quantitative estimate of drug-likeness (QED) is 0.861. The Hall–Kier alpha value is -0.540. The number of hydrogen-bond acceptors (Lipinski definition) is 3. The lowest BCUT2D eigenvalue weighted by Gasteiger charge is -2.30. The number of anilines is 1. The zero-order valence-corrected chi connectivity index (χ0v) is 13.4. The third-order valence-corrected chi connectivity index (χ3v) is 4.93. The van der Waals surface area contributed by atoms with E-state index in [9.17, 15) is 0 Å². The monoisotopic (exact) mass is 299 g/mol. The molecule has 0 aromatic heterocycles. The van der Waals surface area contributed by atoms with E-state index in [1.165, 1.54) is 18.6 Å². The normalized spacial score (nSPS) is 23.4. The van der Waals surface area contributed by atoms with Gasteiger partial charge in [-0.15, -0.1) is 0 Å². The van der Waals surface area contributed by atoms with Gasteiger partial charge in [0.15, 0.2) is 0 Å². The molecule has 0 radical (unpaired) electrons. The van der Waals surface area contributed by atoms with Crippen LogP contribution in [0.1, 0.15) is 33.6 Å². The highest BCUT2D eigenvalue weighted by molar-refractivity contribution is 8.00. The van der Waals surface area contributed by atoms with Crippen LogP contribution in [-0.2, 0) is 0 Å². The largest absolute Gasteiger partial charge is 0.489 e. The lowest BCUT2D eigenvalue weighted by Crippen LogP contribution is -2.32. The molecule has 2 rings (SSSR count). The molecule has 1 N–H and O–H groups in total. The summed E-state index contributed by atoms with van der Waals surface area (Å²) in [7, 11) is 0. The first-order valence-electron chi connectivity index (χ1n) is 6.90. The molecule has 0 bridgehead atoms. The third kappa shape index (κ3) is 4.22. The summed E-state index contributed by atoms with van der Waals surface area (Å²) in [5.74, 6) is 2.04. The minimum atomic E-state index is 0.145. The fourth-order valence-electron chi connectivity index (χ4n) is 2.27. The zero-order chi connectivity index (χ0) is 13.8. The lowest BCUT2D eigenvalue weighted by molar-refractivity contribution is 0.242. The van der Waals surface area contributed by atoms with Crippen LogP contribution in [-0.4, -0.2) is 23.1 Å². The van der Waals surface area contributed by atoms with Gasteiger partial charge in [-0.05, 0) is 50.6 Å². The van der Waals surface area contributed by atoms with Crippen LogP contribution in [0.25, 0.3) is 0 Å². The molecule has 0 amide bonds. The van der Waals surface area contributed by atoms with E-state index in [0.29, 0.717) is 16.3 Å². The van der Waals surface area contributed by atoms with Gasteiger partial charge in [-0.2, -0.15) is 11.8 Å². The molecule has 2 atom stereocenters. The molecule has 4 heteroatoms. The molecule has 2 unspecified atom stereocenters. The summed E-state index contributed by atoms with van der Waals surface area (Å²) < 4.78 is 5.65. The first kappa shape index (κ1) is 14.9. The maximum Gasteiger partial charge on any atom is 0.138 e. The van der Waals surface area contributed by atoms with Crippen molar-refractivity contribution in [2.24, 2.45) is 0 Å². The molecule has 0 aliphatic carbocycles. The topological polar surface area (TPSA) is 21.3 Å². The Morgan fingerprint density at radius 1 is 1.42 bits per heavy atom. The van der Waals surface area contributed by atoms with E-state index in [4.69, 9.17) is 16.3 Å². The summed E-state index contributed by atoms with van der Waals surface area (Å²) in [6.45, 7) is 6.30. The molecule has 1 aliphatic heterocycles. The molecule has 0 saturated carbocycles. The first-order valence-corrected chi connectivity index (χ1v) is 8.33. The molecule has 1 aromatic rings. The zero-order valence-electron chi connectivity index (χ0n) is 11.8. The molecular weight excluding hydrogens is 278 g/mol. The number of thioether (sulfide) groups is 1. The van der Waals surface area contributed by atoms with Crippen molar-refractivity contribution in [1.82, 2.24) is 0 Å². The summed E-state index contributed by atoms with van der Waals surface area (Å²) in [4.78, 5) is 0. The van der Waals surface area contributed by atoms with E-state index >= 15 is 0 Å². The molecule has 1 aromatic carbocycles. The van der Waals surface area contributed by atoms with E-state index < -0.39 is 0 Å². The van der Waals surface area contributed by atoms with Crippen LogP contribution in [0.2, 0.25) is 5.02 Å². The Labute approximate surface area is 125 Å². The first-order chi connectivity index (χ1) is 9.06. The fourth-order valence-corrected chi connectivity index (χ4v) is 3.63. The van der Waals surface area contributed by atoms with Crippen LogP contribution in [0.5, 0.6) is 5.75 Å². The summed E-state index contributed by atoms with van der Waals surface area (Å²) in [6.07, 6.45) is 2.66. The number of halogens is 1. The number of nitrogens with one attached hydrogen (secondary N) is 1. The summed E-state index contributed by atoms with van der Waals surface area (Å²) in [5.41, 5.74) is 1.08. The van der Waals surface area contributed by atoms with Crippen molar-refractivity contribution in [1.29, 1.82) is 0 Å². The van der Waals surface area contributed by atoms with Crippen LogP contribution in [0.4, 0.5) is 5.69 Å². The molecule has 2 nitrogen and oxygen atoms in total. The lowest BCUT2D eigenvalue weighted by atomic mass is 10.1. The van der Waals surface area contributed by atoms with Crippen molar-refractivity contribution in [2.45, 2.75) is 51.0 Å². The van der Waals surface area contributed by atoms with Crippen LogP contribution in [0.3, 0.4) is 0 Å². The van der Waals surface area contributed by atoms with Crippen molar-refractivity contribution in [2.75, 3.05) is 11.1 Å². The summed E-state index contributed by atoms with van der Waals surface area (Å²) in [5, 5.41) is 4.92. The molecule has 1 saturated heterocycles. The minimum Gasteiger partial charge on any atom is -0.489 e. The van der Waals surface area contributed by atoms with Gasteiger partial charge in [0.05, 0.1) is 11.1 Å². The molecule has 1 fully saturated rings. The number of ether oxygens (including phenoxy) is 1. The van der Waals surface area contributed by atoms with Crippen LogP contribution in [0, 0.1) is 0 Å². The predicted molar refractivity (Wildman–Crippen MR) is 85.8 cm³/mol. The van der Waals surface area contributed by atoms with Crippen molar-refractivity contribution < 1.29 is 4.74 Å². The standard InChI is InChI=1S/C15H22ClNOS/c1-10(2)18-15-7-6-12(9-13(15)16)17-14-5-4-8-19-11(14)3/h6-7,9-11,14,17H,4-5,8H2,1-3H3. The summed E-state index contributed by atoms with van der Waals surface area (Å²) in [6, 6.07) is 6.50.